The average Bonchev–Trinajstić information content (AvgIpc) is 2.74. The molecule has 1 N–H and O–H groups in total. The van der Waals surface area contributed by atoms with Gasteiger partial charge in [-0.05, 0) is 26.8 Å². The van der Waals surface area contributed by atoms with Crippen molar-refractivity contribution in [2.75, 3.05) is 6.61 Å². The molecule has 0 bridgehead atoms. The molecule has 22 heavy (non-hydrogen) atoms. The highest BCUT2D eigenvalue weighted by Crippen LogP contribution is 2.40. The maximum absolute atomic E-state index is 11.9. The van der Waals surface area contributed by atoms with Gasteiger partial charge in [-0.25, -0.2) is 0 Å². The van der Waals surface area contributed by atoms with Crippen LogP contribution in [0.15, 0.2) is 29.0 Å². The summed E-state index contributed by atoms with van der Waals surface area (Å²) < 4.78 is 5.93. The Labute approximate surface area is 133 Å². The van der Waals surface area contributed by atoms with Crippen LogP contribution in [0.2, 0.25) is 0 Å². The summed E-state index contributed by atoms with van der Waals surface area (Å²) in [6, 6.07) is 0. The Kier molecular flexibility index (Phi) is 4.11. The van der Waals surface area contributed by atoms with Crippen LogP contribution < -0.4 is 5.32 Å². The van der Waals surface area contributed by atoms with Gasteiger partial charge in [-0.3, -0.25) is 9.79 Å². The van der Waals surface area contributed by atoms with Crippen LogP contribution in [0.1, 0.15) is 54.4 Å². The molecule has 0 aliphatic carbocycles. The van der Waals surface area contributed by atoms with Crippen molar-refractivity contribution in [3.63, 3.8) is 0 Å². The lowest BCUT2D eigenvalue weighted by molar-refractivity contribution is -0.120. The van der Waals surface area contributed by atoms with Gasteiger partial charge < -0.3 is 10.1 Å². The molecule has 1 atom stereocenters. The van der Waals surface area contributed by atoms with Gasteiger partial charge in [-0.15, -0.1) is 0 Å². The van der Waals surface area contributed by atoms with E-state index in [0.29, 0.717) is 13.0 Å². The first-order chi connectivity index (χ1) is 9.91. The molecule has 122 valence electrons. The van der Waals surface area contributed by atoms with Crippen LogP contribution in [0.4, 0.5) is 0 Å². The minimum absolute atomic E-state index is 0.00663. The van der Waals surface area contributed by atoms with Crippen LogP contribution in [0.5, 0.6) is 0 Å². The molecule has 0 aromatic heterocycles. The molecule has 1 amide bonds. The Morgan fingerprint density at radius 1 is 1.32 bits per heavy atom. The van der Waals surface area contributed by atoms with Gasteiger partial charge in [0.1, 0.15) is 0 Å². The summed E-state index contributed by atoms with van der Waals surface area (Å²) in [5.74, 6) is 0.0444. The molecule has 4 heteroatoms. The van der Waals surface area contributed by atoms with Gasteiger partial charge in [0.05, 0.1) is 12.2 Å². The van der Waals surface area contributed by atoms with Crippen molar-refractivity contribution in [2.24, 2.45) is 15.8 Å². The Hall–Kier alpha value is -1.42. The fourth-order valence-electron chi connectivity index (χ4n) is 2.68. The van der Waals surface area contributed by atoms with Gasteiger partial charge in [0.15, 0.2) is 0 Å². The average molecular weight is 304 g/mol. The van der Waals surface area contributed by atoms with Crippen LogP contribution in [-0.2, 0) is 9.53 Å². The lowest BCUT2D eigenvalue weighted by Gasteiger charge is -2.29. The molecule has 2 rings (SSSR count). The second kappa shape index (κ2) is 5.34. The van der Waals surface area contributed by atoms with E-state index in [4.69, 9.17) is 4.74 Å². The number of ether oxygens (including phenoxy) is 1. The predicted octanol–water partition coefficient (Wildman–Crippen LogP) is 3.60. The number of carbonyl (C=O) groups is 1. The van der Waals surface area contributed by atoms with Gasteiger partial charge in [0.2, 0.25) is 5.91 Å². The third-order valence-corrected chi connectivity index (χ3v) is 4.29. The minimum Gasteiger partial charge on any atom is -0.375 e. The molecular weight excluding hydrogens is 276 g/mol. The van der Waals surface area contributed by atoms with Gasteiger partial charge in [0.25, 0.3) is 0 Å². The summed E-state index contributed by atoms with van der Waals surface area (Å²) in [6.07, 6.45) is 3.31. The Morgan fingerprint density at radius 2 is 1.95 bits per heavy atom. The third kappa shape index (κ3) is 3.67. The zero-order chi connectivity index (χ0) is 16.8. The van der Waals surface area contributed by atoms with Crippen LogP contribution >= 0.6 is 0 Å². The van der Waals surface area contributed by atoms with E-state index in [2.05, 4.69) is 37.7 Å². The Balaban J connectivity index is 2.21. The van der Waals surface area contributed by atoms with Crippen LogP contribution in [0, 0.1) is 10.8 Å². The summed E-state index contributed by atoms with van der Waals surface area (Å²) in [7, 11) is 0. The lowest BCUT2D eigenvalue weighted by Crippen LogP contribution is -2.31. The largest absolute Gasteiger partial charge is 0.375 e. The van der Waals surface area contributed by atoms with E-state index in [1.807, 2.05) is 26.8 Å². The van der Waals surface area contributed by atoms with E-state index < -0.39 is 0 Å². The highest BCUT2D eigenvalue weighted by atomic mass is 16.5. The van der Waals surface area contributed by atoms with Gasteiger partial charge in [-0.2, -0.15) is 0 Å². The number of amides is 1. The number of allylic oxidation sites excluding steroid dienone is 2. The van der Waals surface area contributed by atoms with E-state index in [0.717, 1.165) is 23.5 Å². The number of nitrogens with one attached hydrogen (secondary N) is 1. The molecule has 0 aromatic rings. The maximum atomic E-state index is 11.9. The second-order valence-corrected chi connectivity index (χ2v) is 8.36. The van der Waals surface area contributed by atoms with E-state index in [-0.39, 0.29) is 22.3 Å². The molecule has 4 nitrogen and oxygen atoms in total. The normalized spacial score (nSPS) is 29.9. The number of hydrogen-bond donors (Lipinski definition) is 1. The molecule has 0 aromatic carbocycles. The van der Waals surface area contributed by atoms with Crippen LogP contribution in [-0.4, -0.2) is 23.8 Å². The number of carbonyl (C=O) groups excluding carboxylic acids is 1. The number of rotatable bonds is 3. The summed E-state index contributed by atoms with van der Waals surface area (Å²) >= 11 is 0. The molecule has 0 saturated carbocycles. The van der Waals surface area contributed by atoms with Crippen LogP contribution in [0.25, 0.3) is 0 Å². The van der Waals surface area contributed by atoms with Gasteiger partial charge in [0, 0.05) is 40.8 Å². The van der Waals surface area contributed by atoms with Crippen molar-refractivity contribution >= 4 is 11.6 Å². The molecule has 2 aliphatic rings. The number of hydrogen-bond acceptors (Lipinski definition) is 3. The minimum atomic E-state index is -0.319. The van der Waals surface area contributed by atoms with E-state index in [9.17, 15) is 4.79 Å². The van der Waals surface area contributed by atoms with Crippen molar-refractivity contribution in [1.82, 2.24) is 5.32 Å². The predicted molar refractivity (Wildman–Crippen MR) is 89.6 cm³/mol. The second-order valence-electron chi connectivity index (χ2n) is 8.36. The number of aliphatic imine (C=N–C) groups is 1. The summed E-state index contributed by atoms with van der Waals surface area (Å²) in [5, 5.41) is 2.98. The summed E-state index contributed by atoms with van der Waals surface area (Å²) in [4.78, 5) is 16.5. The molecule has 1 saturated heterocycles. The first-order valence-electron chi connectivity index (χ1n) is 7.84. The van der Waals surface area contributed by atoms with E-state index in [1.54, 1.807) is 0 Å². The SMILES string of the molecule is C=C1N=C(/C=C2\NC(=O)CC2(C)COC(C)(C)C)CC1(C)C. The lowest BCUT2D eigenvalue weighted by atomic mass is 9.84. The summed E-state index contributed by atoms with van der Waals surface area (Å²) in [5.41, 5.74) is 2.24. The molecule has 2 heterocycles. The topological polar surface area (TPSA) is 50.7 Å². The molecule has 1 fully saturated rings. The zero-order valence-electron chi connectivity index (χ0n) is 14.7. The van der Waals surface area contributed by atoms with E-state index in [1.165, 1.54) is 0 Å². The Bertz CT molecular complexity index is 564. The fraction of sp³-hybridized carbons (Fsp3) is 0.667. The van der Waals surface area contributed by atoms with E-state index >= 15 is 0 Å². The quantitative estimate of drug-likeness (QED) is 0.866. The molecule has 1 unspecified atom stereocenters. The van der Waals surface area contributed by atoms with Crippen molar-refractivity contribution in [1.29, 1.82) is 0 Å². The maximum Gasteiger partial charge on any atom is 0.225 e. The first-order valence-corrected chi connectivity index (χ1v) is 7.84. The molecule has 2 aliphatic heterocycles. The first kappa shape index (κ1) is 16.9. The smallest absolute Gasteiger partial charge is 0.225 e. The highest BCUT2D eigenvalue weighted by Gasteiger charge is 2.41. The fourth-order valence-corrected chi connectivity index (χ4v) is 2.68. The monoisotopic (exact) mass is 304 g/mol. The molecular formula is C18H28N2O2. The van der Waals surface area contributed by atoms with Crippen molar-refractivity contribution in [3.8, 4) is 0 Å². The van der Waals surface area contributed by atoms with Gasteiger partial charge in [-0.1, -0.05) is 27.4 Å². The number of nitrogens with zero attached hydrogens (tertiary/aromatic N) is 1. The highest BCUT2D eigenvalue weighted by molar-refractivity contribution is 6.00. The van der Waals surface area contributed by atoms with Crippen LogP contribution in [0.3, 0.4) is 0 Å². The Morgan fingerprint density at radius 3 is 2.45 bits per heavy atom. The van der Waals surface area contributed by atoms with Crippen molar-refractivity contribution < 1.29 is 9.53 Å². The van der Waals surface area contributed by atoms with Gasteiger partial charge >= 0.3 is 0 Å². The van der Waals surface area contributed by atoms with Crippen molar-refractivity contribution in [2.45, 2.75) is 60.0 Å². The van der Waals surface area contributed by atoms with Crippen molar-refractivity contribution in [3.05, 3.63) is 24.0 Å². The third-order valence-electron chi connectivity index (χ3n) is 4.29. The summed E-state index contributed by atoms with van der Waals surface area (Å²) in [6.45, 7) is 17.0. The molecule has 0 spiro atoms. The standard InChI is InChI=1S/C18H28N2O2/c1-12-17(5,6)9-13(19-12)8-14-18(7,10-15(21)20-14)11-22-16(2,3)4/h8H,1,9-11H2,2-7H3,(H,20,21)/b14-8-. The zero-order valence-corrected chi connectivity index (χ0v) is 14.7. The molecule has 0 radical (unpaired) electrons.